The van der Waals surface area contributed by atoms with Crippen molar-refractivity contribution < 1.29 is 4.74 Å². The summed E-state index contributed by atoms with van der Waals surface area (Å²) in [5.41, 5.74) is 4.78. The Bertz CT molecular complexity index is 1270. The Kier molecular flexibility index (Phi) is 4.74. The van der Waals surface area contributed by atoms with Gasteiger partial charge < -0.3 is 20.4 Å². The van der Waals surface area contributed by atoms with Gasteiger partial charge in [-0.15, -0.1) is 11.3 Å². The van der Waals surface area contributed by atoms with Crippen LogP contribution in [0.15, 0.2) is 71.7 Å². The van der Waals surface area contributed by atoms with E-state index in [0.29, 0.717) is 17.6 Å². The standard InChI is InChI=1S/C22H18N6OS/c1-23-20-11-14(8-10-24-20)17-3-2-9-25-21(17)29-16-6-4-15(5-7-16)26-22-27-18-12-30-13-19(18)28-22/h2-13H,1H3,(H,23,24)(H2,26,27,28). The number of anilines is 3. The van der Waals surface area contributed by atoms with Crippen molar-refractivity contribution >= 4 is 39.8 Å². The molecule has 0 fully saturated rings. The number of hydrogen-bond donors (Lipinski definition) is 3. The van der Waals surface area contributed by atoms with Crippen LogP contribution in [0.5, 0.6) is 11.6 Å². The molecule has 148 valence electrons. The molecule has 0 radical (unpaired) electrons. The van der Waals surface area contributed by atoms with Crippen LogP contribution < -0.4 is 15.4 Å². The van der Waals surface area contributed by atoms with E-state index in [2.05, 4.69) is 30.6 Å². The van der Waals surface area contributed by atoms with Gasteiger partial charge in [-0.25, -0.2) is 15.0 Å². The van der Waals surface area contributed by atoms with E-state index in [9.17, 15) is 0 Å². The van der Waals surface area contributed by atoms with Crippen LogP contribution in [0.3, 0.4) is 0 Å². The number of pyridine rings is 2. The summed E-state index contributed by atoms with van der Waals surface area (Å²) in [5, 5.41) is 10.4. The van der Waals surface area contributed by atoms with Gasteiger partial charge in [0.1, 0.15) is 17.1 Å². The number of aromatic nitrogens is 4. The average Bonchev–Trinajstić information content (AvgIpc) is 3.37. The van der Waals surface area contributed by atoms with Gasteiger partial charge in [-0.05, 0) is 54.1 Å². The molecule has 0 amide bonds. The highest BCUT2D eigenvalue weighted by molar-refractivity contribution is 7.09. The molecular weight excluding hydrogens is 396 g/mol. The SMILES string of the molecule is CNc1cc(-c2cccnc2Oc2ccc(Nc3nc4cscc4[nH]3)cc2)ccn1. The minimum atomic E-state index is 0.539. The first-order valence-corrected chi connectivity index (χ1v) is 10.3. The van der Waals surface area contributed by atoms with Crippen molar-refractivity contribution in [1.82, 2.24) is 19.9 Å². The maximum absolute atomic E-state index is 6.08. The van der Waals surface area contributed by atoms with Crippen LogP contribution in [-0.4, -0.2) is 27.0 Å². The van der Waals surface area contributed by atoms with Crippen molar-refractivity contribution in [3.63, 3.8) is 0 Å². The van der Waals surface area contributed by atoms with Crippen molar-refractivity contribution in [2.45, 2.75) is 0 Å². The molecule has 4 heterocycles. The van der Waals surface area contributed by atoms with Gasteiger partial charge in [0.05, 0.1) is 5.52 Å². The first-order valence-electron chi connectivity index (χ1n) is 9.34. The Morgan fingerprint density at radius 2 is 1.90 bits per heavy atom. The Morgan fingerprint density at radius 1 is 1.00 bits per heavy atom. The molecule has 0 bridgehead atoms. The fraction of sp³-hybridized carbons (Fsp3) is 0.0455. The second-order valence-corrected chi connectivity index (χ2v) is 7.29. The van der Waals surface area contributed by atoms with Gasteiger partial charge in [-0.2, -0.15) is 0 Å². The number of nitrogens with zero attached hydrogens (tertiary/aromatic N) is 3. The summed E-state index contributed by atoms with van der Waals surface area (Å²) in [6.45, 7) is 0. The molecule has 30 heavy (non-hydrogen) atoms. The highest BCUT2D eigenvalue weighted by Crippen LogP contribution is 2.32. The summed E-state index contributed by atoms with van der Waals surface area (Å²) in [6, 6.07) is 15.5. The van der Waals surface area contributed by atoms with E-state index in [1.54, 1.807) is 23.7 Å². The molecule has 0 aliphatic rings. The van der Waals surface area contributed by atoms with Gasteiger partial charge in [0.15, 0.2) is 0 Å². The number of rotatable bonds is 6. The Balaban J connectivity index is 1.35. The highest BCUT2D eigenvalue weighted by atomic mass is 32.1. The third-order valence-corrected chi connectivity index (χ3v) is 5.29. The summed E-state index contributed by atoms with van der Waals surface area (Å²) in [7, 11) is 1.84. The second-order valence-electron chi connectivity index (χ2n) is 6.54. The smallest absolute Gasteiger partial charge is 0.227 e. The van der Waals surface area contributed by atoms with Gasteiger partial charge >= 0.3 is 0 Å². The van der Waals surface area contributed by atoms with Crippen molar-refractivity contribution in [2.75, 3.05) is 17.7 Å². The Morgan fingerprint density at radius 3 is 2.73 bits per heavy atom. The van der Waals surface area contributed by atoms with E-state index >= 15 is 0 Å². The first-order chi connectivity index (χ1) is 14.8. The normalized spacial score (nSPS) is 10.8. The summed E-state index contributed by atoms with van der Waals surface area (Å²) in [5.74, 6) is 2.74. The lowest BCUT2D eigenvalue weighted by molar-refractivity contribution is 0.465. The van der Waals surface area contributed by atoms with Crippen molar-refractivity contribution in [1.29, 1.82) is 0 Å². The molecule has 0 spiro atoms. The molecular formula is C22H18N6OS. The lowest BCUT2D eigenvalue weighted by Crippen LogP contribution is -1.95. The zero-order chi connectivity index (χ0) is 20.3. The predicted octanol–water partition coefficient (Wildman–Crippen LogP) is 5.66. The fourth-order valence-electron chi connectivity index (χ4n) is 3.09. The minimum Gasteiger partial charge on any atom is -0.438 e. The van der Waals surface area contributed by atoms with Gasteiger partial charge in [0.2, 0.25) is 11.8 Å². The molecule has 0 saturated carbocycles. The van der Waals surface area contributed by atoms with Crippen LogP contribution >= 0.6 is 11.3 Å². The molecule has 0 unspecified atom stereocenters. The highest BCUT2D eigenvalue weighted by Gasteiger charge is 2.10. The molecule has 1 aromatic carbocycles. The zero-order valence-corrected chi connectivity index (χ0v) is 16.9. The van der Waals surface area contributed by atoms with Crippen molar-refractivity contribution in [2.24, 2.45) is 0 Å². The van der Waals surface area contributed by atoms with Crippen molar-refractivity contribution in [3.8, 4) is 22.8 Å². The molecule has 7 nitrogen and oxygen atoms in total. The molecule has 5 rings (SSSR count). The van der Waals surface area contributed by atoms with Gasteiger partial charge in [-0.1, -0.05) is 0 Å². The van der Waals surface area contributed by atoms with E-state index in [1.165, 1.54) is 0 Å². The van der Waals surface area contributed by atoms with Crippen LogP contribution in [0.25, 0.3) is 22.2 Å². The quantitative estimate of drug-likeness (QED) is 0.332. The molecule has 8 heteroatoms. The number of hydrogen-bond acceptors (Lipinski definition) is 7. The van der Waals surface area contributed by atoms with Crippen molar-refractivity contribution in [3.05, 3.63) is 71.7 Å². The van der Waals surface area contributed by atoms with Crippen LogP contribution in [0.4, 0.5) is 17.5 Å². The zero-order valence-electron chi connectivity index (χ0n) is 16.1. The van der Waals surface area contributed by atoms with E-state index in [0.717, 1.165) is 33.7 Å². The number of ether oxygens (including phenoxy) is 1. The third-order valence-electron chi connectivity index (χ3n) is 4.56. The largest absolute Gasteiger partial charge is 0.438 e. The predicted molar refractivity (Wildman–Crippen MR) is 121 cm³/mol. The monoisotopic (exact) mass is 414 g/mol. The molecule has 0 aliphatic heterocycles. The van der Waals surface area contributed by atoms with Gasteiger partial charge in [-0.3, -0.25) is 0 Å². The summed E-state index contributed by atoms with van der Waals surface area (Å²) in [4.78, 5) is 16.4. The number of H-pyrrole nitrogens is 1. The number of imidazole rings is 1. The topological polar surface area (TPSA) is 87.8 Å². The summed E-state index contributed by atoms with van der Waals surface area (Å²) < 4.78 is 6.08. The summed E-state index contributed by atoms with van der Waals surface area (Å²) in [6.07, 6.45) is 3.48. The van der Waals surface area contributed by atoms with E-state index in [4.69, 9.17) is 4.74 Å². The number of thiophene rings is 1. The molecule has 4 aromatic heterocycles. The van der Waals surface area contributed by atoms with Crippen LogP contribution in [0, 0.1) is 0 Å². The van der Waals surface area contributed by atoms with Crippen LogP contribution in [0.2, 0.25) is 0 Å². The fourth-order valence-corrected chi connectivity index (χ4v) is 3.78. The molecule has 3 N–H and O–H groups in total. The summed E-state index contributed by atoms with van der Waals surface area (Å²) >= 11 is 1.63. The van der Waals surface area contributed by atoms with E-state index in [1.807, 2.05) is 66.3 Å². The Labute approximate surface area is 176 Å². The molecule has 0 aliphatic carbocycles. The van der Waals surface area contributed by atoms with Gasteiger partial charge in [0.25, 0.3) is 0 Å². The number of fused-ring (bicyclic) bond motifs is 1. The van der Waals surface area contributed by atoms with E-state index < -0.39 is 0 Å². The lowest BCUT2D eigenvalue weighted by atomic mass is 10.1. The Hall–Kier alpha value is -3.91. The van der Waals surface area contributed by atoms with E-state index in [-0.39, 0.29) is 0 Å². The third kappa shape index (κ3) is 3.68. The molecule has 5 aromatic rings. The molecule has 0 saturated heterocycles. The second kappa shape index (κ2) is 7.84. The maximum atomic E-state index is 6.08. The maximum Gasteiger partial charge on any atom is 0.227 e. The minimum absolute atomic E-state index is 0.539. The van der Waals surface area contributed by atoms with Crippen LogP contribution in [0.1, 0.15) is 0 Å². The lowest BCUT2D eigenvalue weighted by Gasteiger charge is -2.11. The van der Waals surface area contributed by atoms with Crippen LogP contribution in [-0.2, 0) is 0 Å². The molecule has 0 atom stereocenters. The number of benzene rings is 1. The average molecular weight is 414 g/mol. The van der Waals surface area contributed by atoms with Gasteiger partial charge in [0, 0.05) is 41.5 Å². The number of aromatic amines is 1. The number of nitrogens with one attached hydrogen (secondary N) is 3. The first kappa shape index (κ1) is 18.1.